The minimum absolute atomic E-state index is 0.0450. The maximum atomic E-state index is 12.7. The molecule has 1 aliphatic carbocycles. The van der Waals surface area contributed by atoms with E-state index in [9.17, 15) is 4.79 Å². The second-order valence-corrected chi connectivity index (χ2v) is 8.93. The van der Waals surface area contributed by atoms with E-state index in [1.54, 1.807) is 12.1 Å². The molecule has 2 nitrogen and oxygen atoms in total. The molecular weight excluding hydrogens is 440 g/mol. The zero-order valence-corrected chi connectivity index (χ0v) is 19.1. The number of carbonyl (C=O) groups is 1. The number of benzene rings is 5. The molecule has 1 atom stereocenters. The third-order valence-electron chi connectivity index (χ3n) is 6.62. The molecule has 34 heavy (non-hydrogen) atoms. The van der Waals surface area contributed by atoms with Gasteiger partial charge in [0, 0.05) is 10.9 Å². The molecule has 5 aromatic rings. The lowest BCUT2D eigenvalue weighted by Gasteiger charge is -2.22. The lowest BCUT2D eigenvalue weighted by molar-refractivity contribution is 0.0472. The van der Waals surface area contributed by atoms with Gasteiger partial charge in [-0.1, -0.05) is 103 Å². The summed E-state index contributed by atoms with van der Waals surface area (Å²) in [5, 5.41) is 3.04. The highest BCUT2D eigenvalue weighted by atomic mass is 35.5. The van der Waals surface area contributed by atoms with Crippen LogP contribution in [0.25, 0.3) is 21.9 Å². The van der Waals surface area contributed by atoms with Gasteiger partial charge in [0.05, 0.1) is 5.56 Å². The van der Waals surface area contributed by atoms with Crippen molar-refractivity contribution in [1.82, 2.24) is 0 Å². The van der Waals surface area contributed by atoms with E-state index in [1.165, 1.54) is 11.1 Å². The average Bonchev–Trinajstić information content (AvgIpc) is 3.23. The predicted molar refractivity (Wildman–Crippen MR) is 137 cm³/mol. The molecule has 0 fully saturated rings. The Morgan fingerprint density at radius 1 is 0.706 bits per heavy atom. The van der Waals surface area contributed by atoms with E-state index in [1.807, 2.05) is 36.4 Å². The molecule has 0 radical (unpaired) electrons. The van der Waals surface area contributed by atoms with Gasteiger partial charge in [0.1, 0.15) is 6.61 Å². The molecule has 0 amide bonds. The Morgan fingerprint density at radius 2 is 1.44 bits per heavy atom. The number of ether oxygens (including phenoxy) is 1. The topological polar surface area (TPSA) is 26.3 Å². The van der Waals surface area contributed by atoms with Gasteiger partial charge in [-0.3, -0.25) is 0 Å². The smallest absolute Gasteiger partial charge is 0.338 e. The molecular formula is C31H21ClO2. The Morgan fingerprint density at radius 3 is 2.32 bits per heavy atom. The summed E-state index contributed by atoms with van der Waals surface area (Å²) in [5.41, 5.74) is 7.35. The largest absolute Gasteiger partial charge is 0.457 e. The SMILES string of the molecule is O=C(OCc1ccc2ccccc2c1[C@@H]1c2ccccc2-c2cccc(Cl)c21)c1ccccc1. The molecule has 3 heteroatoms. The summed E-state index contributed by atoms with van der Waals surface area (Å²) in [4.78, 5) is 12.7. The number of hydrogen-bond acceptors (Lipinski definition) is 2. The highest BCUT2D eigenvalue weighted by Crippen LogP contribution is 2.52. The molecule has 0 spiro atoms. The second kappa shape index (κ2) is 8.48. The summed E-state index contributed by atoms with van der Waals surface area (Å²) in [6.07, 6.45) is 0. The van der Waals surface area contributed by atoms with Crippen LogP contribution in [-0.2, 0) is 11.3 Å². The molecule has 0 bridgehead atoms. The second-order valence-electron chi connectivity index (χ2n) is 8.52. The fourth-order valence-electron chi connectivity index (χ4n) is 5.12. The van der Waals surface area contributed by atoms with Gasteiger partial charge in [0.25, 0.3) is 0 Å². The summed E-state index contributed by atoms with van der Waals surface area (Å²) >= 11 is 6.83. The van der Waals surface area contributed by atoms with E-state index in [2.05, 4.69) is 60.7 Å². The number of rotatable bonds is 4. The molecule has 0 heterocycles. The van der Waals surface area contributed by atoms with Crippen LogP contribution in [0.1, 0.15) is 38.5 Å². The molecule has 5 aromatic carbocycles. The van der Waals surface area contributed by atoms with Crippen LogP contribution in [0.5, 0.6) is 0 Å². The van der Waals surface area contributed by atoms with Crippen LogP contribution in [0, 0.1) is 0 Å². The first-order valence-corrected chi connectivity index (χ1v) is 11.7. The first kappa shape index (κ1) is 20.7. The third-order valence-corrected chi connectivity index (χ3v) is 6.95. The zero-order valence-electron chi connectivity index (χ0n) is 18.4. The Hall–Kier alpha value is -3.88. The van der Waals surface area contributed by atoms with E-state index < -0.39 is 0 Å². The van der Waals surface area contributed by atoms with Crippen LogP contribution in [0.4, 0.5) is 0 Å². The quantitative estimate of drug-likeness (QED) is 0.249. The highest BCUT2D eigenvalue weighted by Gasteiger charge is 2.34. The minimum atomic E-state index is -0.329. The van der Waals surface area contributed by atoms with Crippen LogP contribution < -0.4 is 0 Å². The van der Waals surface area contributed by atoms with Gasteiger partial charge in [0.15, 0.2) is 0 Å². The van der Waals surface area contributed by atoms with Crippen LogP contribution in [-0.4, -0.2) is 5.97 Å². The van der Waals surface area contributed by atoms with Crippen molar-refractivity contribution in [1.29, 1.82) is 0 Å². The van der Waals surface area contributed by atoms with Crippen molar-refractivity contribution in [2.24, 2.45) is 0 Å². The Kier molecular flexibility index (Phi) is 5.16. The number of carbonyl (C=O) groups excluding carboxylic acids is 1. The monoisotopic (exact) mass is 460 g/mol. The van der Waals surface area contributed by atoms with E-state index >= 15 is 0 Å². The fraction of sp³-hybridized carbons (Fsp3) is 0.0645. The first-order chi connectivity index (χ1) is 16.7. The summed E-state index contributed by atoms with van der Waals surface area (Å²) in [6, 6.07) is 36.2. The van der Waals surface area contributed by atoms with Crippen LogP contribution >= 0.6 is 11.6 Å². The van der Waals surface area contributed by atoms with Gasteiger partial charge >= 0.3 is 5.97 Å². The van der Waals surface area contributed by atoms with E-state index in [4.69, 9.17) is 16.3 Å². The van der Waals surface area contributed by atoms with Gasteiger partial charge in [-0.25, -0.2) is 4.79 Å². The highest BCUT2D eigenvalue weighted by molar-refractivity contribution is 6.32. The van der Waals surface area contributed by atoms with Crippen molar-refractivity contribution in [3.05, 3.63) is 142 Å². The molecule has 164 valence electrons. The molecule has 6 rings (SSSR count). The van der Waals surface area contributed by atoms with Gasteiger partial charge in [-0.05, 0) is 62.4 Å². The van der Waals surface area contributed by atoms with Crippen molar-refractivity contribution in [2.45, 2.75) is 12.5 Å². The normalized spacial score (nSPS) is 14.0. The Balaban J connectivity index is 1.53. The maximum absolute atomic E-state index is 12.7. The summed E-state index contributed by atoms with van der Waals surface area (Å²) in [6.45, 7) is 0.187. The van der Waals surface area contributed by atoms with Crippen molar-refractivity contribution in [3.8, 4) is 11.1 Å². The average molecular weight is 461 g/mol. The lowest BCUT2D eigenvalue weighted by Crippen LogP contribution is -2.10. The van der Waals surface area contributed by atoms with Crippen LogP contribution in [0.3, 0.4) is 0 Å². The zero-order chi connectivity index (χ0) is 23.1. The van der Waals surface area contributed by atoms with Gasteiger partial charge in [0.2, 0.25) is 0 Å². The Labute approximate surface area is 203 Å². The van der Waals surface area contributed by atoms with E-state index in [0.717, 1.165) is 38.0 Å². The molecule has 0 unspecified atom stereocenters. The first-order valence-electron chi connectivity index (χ1n) is 11.3. The standard InChI is InChI=1S/C31H21ClO2/c32-27-16-8-15-25-24-13-6-7-14-26(24)30(29(25)27)28-22(18-17-20-9-4-5-12-23(20)28)19-34-31(33)21-10-2-1-3-11-21/h1-18,30H,19H2/t30-/m0/s1. The maximum Gasteiger partial charge on any atom is 0.338 e. The molecule has 0 saturated carbocycles. The minimum Gasteiger partial charge on any atom is -0.457 e. The van der Waals surface area contributed by atoms with Gasteiger partial charge in [-0.2, -0.15) is 0 Å². The van der Waals surface area contributed by atoms with Crippen LogP contribution in [0.2, 0.25) is 5.02 Å². The number of halogens is 1. The van der Waals surface area contributed by atoms with Crippen molar-refractivity contribution in [2.75, 3.05) is 0 Å². The van der Waals surface area contributed by atoms with Gasteiger partial charge in [-0.15, -0.1) is 0 Å². The Bertz CT molecular complexity index is 1540. The summed E-state index contributed by atoms with van der Waals surface area (Å²) < 4.78 is 5.80. The lowest BCUT2D eigenvalue weighted by atomic mass is 9.83. The molecule has 0 saturated heterocycles. The number of hydrogen-bond donors (Lipinski definition) is 0. The van der Waals surface area contributed by atoms with E-state index in [0.29, 0.717) is 5.56 Å². The van der Waals surface area contributed by atoms with Crippen molar-refractivity contribution < 1.29 is 9.53 Å². The molecule has 0 aliphatic heterocycles. The molecule has 0 aromatic heterocycles. The van der Waals surface area contributed by atoms with Crippen molar-refractivity contribution >= 4 is 28.3 Å². The number of esters is 1. The molecule has 0 N–H and O–H groups in total. The van der Waals surface area contributed by atoms with Crippen LogP contribution in [0.15, 0.2) is 109 Å². The predicted octanol–water partition coefficient (Wildman–Crippen LogP) is 8.01. The summed E-state index contributed by atoms with van der Waals surface area (Å²) in [7, 11) is 0. The summed E-state index contributed by atoms with van der Waals surface area (Å²) in [5.74, 6) is -0.374. The van der Waals surface area contributed by atoms with Gasteiger partial charge < -0.3 is 4.74 Å². The fourth-order valence-corrected chi connectivity index (χ4v) is 5.41. The molecule has 1 aliphatic rings. The van der Waals surface area contributed by atoms with E-state index in [-0.39, 0.29) is 18.5 Å². The third kappa shape index (κ3) is 3.39. The van der Waals surface area contributed by atoms with Crippen molar-refractivity contribution in [3.63, 3.8) is 0 Å². The number of fused-ring (bicyclic) bond motifs is 4.